The number of benzene rings is 2. The average molecular weight is 491 g/mol. The van der Waals surface area contributed by atoms with Crippen molar-refractivity contribution in [3.05, 3.63) is 113 Å². The number of anilines is 1. The van der Waals surface area contributed by atoms with Gasteiger partial charge >= 0.3 is 0 Å². The second-order valence-corrected chi connectivity index (χ2v) is 10.1. The van der Waals surface area contributed by atoms with Gasteiger partial charge in [0.2, 0.25) is 0 Å². The smallest absolute Gasteiger partial charge is 0.108 e. The third-order valence-corrected chi connectivity index (χ3v) is 8.02. The summed E-state index contributed by atoms with van der Waals surface area (Å²) in [6.45, 7) is 4.26. The molecule has 0 N–H and O–H groups in total. The summed E-state index contributed by atoms with van der Waals surface area (Å²) in [6, 6.07) is 19.1. The van der Waals surface area contributed by atoms with Gasteiger partial charge in [0.05, 0.1) is 22.7 Å². The molecule has 38 heavy (non-hydrogen) atoms. The van der Waals surface area contributed by atoms with Crippen LogP contribution in [0.2, 0.25) is 0 Å². The Morgan fingerprint density at radius 2 is 1.95 bits per heavy atom. The molecule has 2 aliphatic carbocycles. The molecule has 2 aromatic carbocycles. The van der Waals surface area contributed by atoms with Crippen molar-refractivity contribution in [3.8, 4) is 30.2 Å². The van der Waals surface area contributed by atoms with Crippen molar-refractivity contribution < 1.29 is 0 Å². The fraction of sp³-hybridized carbons (Fsp3) is 0.176. The van der Waals surface area contributed by atoms with Gasteiger partial charge in [-0.05, 0) is 62.6 Å². The van der Waals surface area contributed by atoms with E-state index in [0.717, 1.165) is 41.0 Å². The maximum absolute atomic E-state index is 10.1. The average Bonchev–Trinajstić information content (AvgIpc) is 3.39. The van der Waals surface area contributed by atoms with E-state index < -0.39 is 5.54 Å². The van der Waals surface area contributed by atoms with Crippen LogP contribution in [0.4, 0.5) is 5.69 Å². The molecule has 1 aromatic heterocycles. The number of nitrogens with zero attached hydrogens (tertiary/aromatic N) is 4. The molecule has 6 rings (SSSR count). The zero-order chi connectivity index (χ0) is 26.4. The zero-order valence-electron chi connectivity index (χ0n) is 21.4. The van der Waals surface area contributed by atoms with Gasteiger partial charge in [-0.2, -0.15) is 10.5 Å². The minimum absolute atomic E-state index is 0.0173. The Morgan fingerprint density at radius 3 is 2.74 bits per heavy atom. The Kier molecular flexibility index (Phi) is 5.45. The van der Waals surface area contributed by atoms with Crippen LogP contribution in [0, 0.1) is 40.9 Å². The van der Waals surface area contributed by atoms with Gasteiger partial charge in [0.25, 0.3) is 0 Å². The first-order chi connectivity index (χ1) is 18.5. The molecule has 0 radical (unpaired) electrons. The van der Waals surface area contributed by atoms with E-state index in [1.54, 1.807) is 0 Å². The fourth-order valence-corrected chi connectivity index (χ4v) is 6.38. The highest BCUT2D eigenvalue weighted by Crippen LogP contribution is 2.49. The van der Waals surface area contributed by atoms with Gasteiger partial charge in [0.1, 0.15) is 11.6 Å². The second kappa shape index (κ2) is 8.85. The number of rotatable bonds is 3. The molecular formula is C34H26N4. The number of aromatic nitrogens is 1. The number of fused-ring (bicyclic) bond motifs is 4. The zero-order valence-corrected chi connectivity index (χ0v) is 21.4. The highest BCUT2D eigenvalue weighted by atomic mass is 15.2. The molecule has 0 saturated heterocycles. The summed E-state index contributed by atoms with van der Waals surface area (Å²) in [7, 11) is 0. The van der Waals surface area contributed by atoms with Gasteiger partial charge in [-0.25, -0.2) is 0 Å². The third-order valence-electron chi connectivity index (χ3n) is 8.02. The molecule has 182 valence electrons. The van der Waals surface area contributed by atoms with Crippen molar-refractivity contribution in [2.45, 2.75) is 32.2 Å². The van der Waals surface area contributed by atoms with Crippen LogP contribution < -0.4 is 4.90 Å². The lowest BCUT2D eigenvalue weighted by atomic mass is 9.79. The van der Waals surface area contributed by atoms with E-state index in [1.165, 1.54) is 16.6 Å². The van der Waals surface area contributed by atoms with E-state index in [1.807, 2.05) is 24.3 Å². The van der Waals surface area contributed by atoms with Crippen LogP contribution in [0.15, 0.2) is 95.8 Å². The van der Waals surface area contributed by atoms with Crippen molar-refractivity contribution >= 4 is 22.7 Å². The van der Waals surface area contributed by atoms with E-state index in [4.69, 9.17) is 6.42 Å². The molecular weight excluding hydrogens is 464 g/mol. The van der Waals surface area contributed by atoms with Crippen LogP contribution >= 0.6 is 0 Å². The molecule has 4 nitrogen and oxygen atoms in total. The van der Waals surface area contributed by atoms with E-state index in [-0.39, 0.29) is 5.92 Å². The van der Waals surface area contributed by atoms with Crippen molar-refractivity contribution in [2.24, 2.45) is 5.92 Å². The van der Waals surface area contributed by atoms with Crippen LogP contribution in [0.25, 0.3) is 22.7 Å². The summed E-state index contributed by atoms with van der Waals surface area (Å²) in [5.41, 5.74) is 8.09. The maximum atomic E-state index is 10.1. The summed E-state index contributed by atoms with van der Waals surface area (Å²) in [4.78, 5) is 2.29. The van der Waals surface area contributed by atoms with Gasteiger partial charge in [0, 0.05) is 39.6 Å². The lowest BCUT2D eigenvalue weighted by molar-refractivity contribution is 0.496. The SMILES string of the molecule is C#C/C(C#N)=C\C1=C(C)N(c2cc(C#N)cc(-n3c4c(c5ccccc53)C=CCC4)c2)C2(C)C=CC=CC12. The van der Waals surface area contributed by atoms with Crippen molar-refractivity contribution in [2.75, 3.05) is 4.90 Å². The molecule has 3 aliphatic rings. The minimum Gasteiger partial charge on any atom is -0.335 e. The van der Waals surface area contributed by atoms with Crippen molar-refractivity contribution in [3.63, 3.8) is 0 Å². The van der Waals surface area contributed by atoms with Crippen molar-refractivity contribution in [1.29, 1.82) is 10.5 Å². The number of allylic oxidation sites excluding steroid dienone is 6. The molecule has 0 bridgehead atoms. The van der Waals surface area contributed by atoms with Crippen molar-refractivity contribution in [1.82, 2.24) is 4.57 Å². The maximum Gasteiger partial charge on any atom is 0.108 e. The molecule has 0 fully saturated rings. The number of para-hydroxylation sites is 1. The highest BCUT2D eigenvalue weighted by molar-refractivity contribution is 5.93. The molecule has 0 spiro atoms. The van der Waals surface area contributed by atoms with Gasteiger partial charge in [-0.15, -0.1) is 6.42 Å². The number of nitriles is 2. The summed E-state index contributed by atoms with van der Waals surface area (Å²) >= 11 is 0. The first-order valence-corrected chi connectivity index (χ1v) is 12.8. The molecule has 3 aromatic rings. The molecule has 2 heterocycles. The van der Waals surface area contributed by atoms with Crippen LogP contribution in [0.1, 0.15) is 37.1 Å². The van der Waals surface area contributed by atoms with E-state index in [9.17, 15) is 10.5 Å². The largest absolute Gasteiger partial charge is 0.335 e. The first kappa shape index (κ1) is 23.4. The molecule has 0 amide bonds. The number of hydrogen-bond acceptors (Lipinski definition) is 3. The van der Waals surface area contributed by atoms with Crippen LogP contribution in [0.5, 0.6) is 0 Å². The lowest BCUT2D eigenvalue weighted by Crippen LogP contribution is -2.45. The fourth-order valence-electron chi connectivity index (χ4n) is 6.38. The highest BCUT2D eigenvalue weighted by Gasteiger charge is 2.46. The van der Waals surface area contributed by atoms with Crippen LogP contribution in [-0.4, -0.2) is 10.1 Å². The number of terminal acetylenes is 1. The number of hydrogen-bond donors (Lipinski definition) is 0. The minimum atomic E-state index is -0.411. The van der Waals surface area contributed by atoms with E-state index in [2.05, 4.69) is 102 Å². The molecule has 0 saturated carbocycles. The lowest BCUT2D eigenvalue weighted by Gasteiger charge is -2.40. The topological polar surface area (TPSA) is 55.8 Å². The van der Waals surface area contributed by atoms with E-state index in [0.29, 0.717) is 11.1 Å². The summed E-state index contributed by atoms with van der Waals surface area (Å²) in [5.74, 6) is 2.52. The molecule has 2 atom stereocenters. The first-order valence-electron chi connectivity index (χ1n) is 12.8. The normalized spacial score (nSPS) is 21.7. The Labute approximate surface area is 223 Å². The standard InChI is InChI=1S/C34H26N4/c1-4-24(21-35)19-30-23(2)38(34(3)16-10-9-13-31(30)34)27-18-25(22-36)17-26(20-27)37-32-14-7-5-11-28(32)29-12-6-8-15-33(29)37/h1,5-7,9-14,16-20,31H,8,15H2,2-3H3/b24-19+. The van der Waals surface area contributed by atoms with Crippen LogP contribution in [0.3, 0.4) is 0 Å². The van der Waals surface area contributed by atoms with Gasteiger partial charge in [-0.3, -0.25) is 0 Å². The second-order valence-electron chi connectivity index (χ2n) is 10.1. The predicted molar refractivity (Wildman–Crippen MR) is 153 cm³/mol. The summed E-state index contributed by atoms with van der Waals surface area (Å²) in [6.07, 6.45) is 22.3. The Morgan fingerprint density at radius 1 is 1.13 bits per heavy atom. The van der Waals surface area contributed by atoms with Gasteiger partial charge < -0.3 is 9.47 Å². The monoisotopic (exact) mass is 490 g/mol. The van der Waals surface area contributed by atoms with Crippen LogP contribution in [-0.2, 0) is 6.42 Å². The third kappa shape index (κ3) is 3.37. The van der Waals surface area contributed by atoms with E-state index >= 15 is 0 Å². The molecule has 4 heteroatoms. The quantitative estimate of drug-likeness (QED) is 0.290. The Balaban J connectivity index is 1.60. The predicted octanol–water partition coefficient (Wildman–Crippen LogP) is 7.14. The van der Waals surface area contributed by atoms with Gasteiger partial charge in [0.15, 0.2) is 0 Å². The Hall–Kier alpha value is -4.98. The molecule has 1 aliphatic heterocycles. The summed E-state index contributed by atoms with van der Waals surface area (Å²) in [5, 5.41) is 20.8. The Bertz CT molecular complexity index is 1770. The summed E-state index contributed by atoms with van der Waals surface area (Å²) < 4.78 is 2.32. The molecule has 2 unspecified atom stereocenters. The van der Waals surface area contributed by atoms with Gasteiger partial charge in [-0.1, -0.05) is 60.6 Å².